The molecule has 0 radical (unpaired) electrons. The minimum atomic E-state index is -4.82. The van der Waals surface area contributed by atoms with Crippen LogP contribution in [0.5, 0.6) is 0 Å². The minimum Gasteiger partial charge on any atom is -0.378 e. The molecule has 3 aliphatic heterocycles. The number of rotatable bonds is 12. The highest BCUT2D eigenvalue weighted by Crippen LogP contribution is 2.40. The third-order valence-electron chi connectivity index (χ3n) is 11.5. The first-order valence-corrected chi connectivity index (χ1v) is 20.1. The number of carbonyl (C=O) groups excluding carboxylic acids is 4. The van der Waals surface area contributed by atoms with Crippen LogP contribution >= 0.6 is 12.2 Å². The van der Waals surface area contributed by atoms with E-state index in [1.807, 2.05) is 11.0 Å². The Kier molecular flexibility index (Phi) is 13.1. The van der Waals surface area contributed by atoms with Crippen molar-refractivity contribution >= 4 is 58.0 Å². The first-order chi connectivity index (χ1) is 27.5. The number of nitriles is 1. The monoisotopic (exact) mass is 825 g/mol. The van der Waals surface area contributed by atoms with Gasteiger partial charge in [-0.15, -0.1) is 0 Å². The lowest BCUT2D eigenvalue weighted by atomic mass is 9.89. The van der Waals surface area contributed by atoms with Gasteiger partial charge in [0.05, 0.1) is 30.1 Å². The number of alkyl halides is 3. The number of aromatic nitrogens is 1. The predicted molar refractivity (Wildman–Crippen MR) is 214 cm³/mol. The zero-order valence-corrected chi connectivity index (χ0v) is 33.9. The summed E-state index contributed by atoms with van der Waals surface area (Å²) >= 11 is 5.71. The maximum absolute atomic E-state index is 13.7. The Hall–Kier alpha value is -4.70. The van der Waals surface area contributed by atoms with Gasteiger partial charge in [-0.25, -0.2) is 4.98 Å². The smallest absolute Gasteiger partial charge is 0.378 e. The number of hydrogen-bond donors (Lipinski definition) is 3. The second-order valence-corrected chi connectivity index (χ2v) is 16.5. The van der Waals surface area contributed by atoms with Gasteiger partial charge in [0, 0.05) is 62.2 Å². The van der Waals surface area contributed by atoms with E-state index in [4.69, 9.17) is 22.2 Å². The molecule has 3 saturated heterocycles. The predicted octanol–water partition coefficient (Wildman–Crippen LogP) is 4.65. The van der Waals surface area contributed by atoms with Crippen molar-refractivity contribution in [3.05, 3.63) is 47.8 Å². The molecular weight excluding hydrogens is 776 g/mol. The van der Waals surface area contributed by atoms with E-state index in [1.165, 1.54) is 6.07 Å². The lowest BCUT2D eigenvalue weighted by molar-refractivity contribution is -0.138. The maximum atomic E-state index is 13.7. The van der Waals surface area contributed by atoms with Crippen LogP contribution in [0.4, 0.5) is 30.2 Å². The molecule has 4 aliphatic rings. The number of halogens is 3. The summed E-state index contributed by atoms with van der Waals surface area (Å²) in [6, 6.07) is 9.09. The third kappa shape index (κ3) is 9.60. The molecule has 1 aliphatic carbocycles. The van der Waals surface area contributed by atoms with Gasteiger partial charge in [-0.05, 0) is 103 Å². The molecule has 3 N–H and O–H groups in total. The van der Waals surface area contributed by atoms with Gasteiger partial charge in [0.15, 0.2) is 10.8 Å². The van der Waals surface area contributed by atoms with Crippen LogP contribution in [-0.2, 0) is 30.1 Å². The molecule has 4 heterocycles. The van der Waals surface area contributed by atoms with Crippen LogP contribution in [0.15, 0.2) is 36.5 Å². The molecule has 1 aromatic heterocycles. The van der Waals surface area contributed by atoms with Crippen molar-refractivity contribution < 1.29 is 37.1 Å². The zero-order chi connectivity index (χ0) is 41.9. The molecular formula is C40H50F3N9O5S. The first-order valence-electron chi connectivity index (χ1n) is 19.7. The van der Waals surface area contributed by atoms with Crippen LogP contribution in [0, 0.1) is 11.3 Å². The number of anilines is 3. The van der Waals surface area contributed by atoms with Gasteiger partial charge in [-0.3, -0.25) is 34.3 Å². The summed E-state index contributed by atoms with van der Waals surface area (Å²) in [5.74, 6) is -1.22. The second-order valence-electron chi connectivity index (χ2n) is 16.1. The van der Waals surface area contributed by atoms with E-state index >= 15 is 0 Å². The molecule has 6 rings (SSSR count). The van der Waals surface area contributed by atoms with Gasteiger partial charge >= 0.3 is 6.18 Å². The van der Waals surface area contributed by atoms with Crippen molar-refractivity contribution in [3.8, 4) is 6.07 Å². The van der Waals surface area contributed by atoms with Gasteiger partial charge < -0.3 is 25.2 Å². The third-order valence-corrected chi connectivity index (χ3v) is 11.9. The molecule has 58 heavy (non-hydrogen) atoms. The molecule has 14 nitrogen and oxygen atoms in total. The summed E-state index contributed by atoms with van der Waals surface area (Å²) < 4.78 is 47.3. The van der Waals surface area contributed by atoms with Crippen LogP contribution < -0.4 is 20.9 Å². The first kappa shape index (κ1) is 42.9. The van der Waals surface area contributed by atoms with Gasteiger partial charge in [-0.2, -0.15) is 18.4 Å². The van der Waals surface area contributed by atoms with Gasteiger partial charge in [0.25, 0.3) is 5.91 Å². The second kappa shape index (κ2) is 17.7. The fourth-order valence-electron chi connectivity index (χ4n) is 8.59. The topological polar surface area (TPSA) is 163 Å². The average Bonchev–Trinajstić information content (AvgIpc) is 3.34. The quantitative estimate of drug-likeness (QED) is 0.155. The Labute approximate surface area is 341 Å². The summed E-state index contributed by atoms with van der Waals surface area (Å²) in [5, 5.41) is 17.7. The van der Waals surface area contributed by atoms with E-state index in [0.717, 1.165) is 56.1 Å². The number of pyridine rings is 1. The van der Waals surface area contributed by atoms with Crippen molar-refractivity contribution in [1.82, 2.24) is 25.0 Å². The molecule has 4 amide bonds. The van der Waals surface area contributed by atoms with Crippen LogP contribution in [0.25, 0.3) is 0 Å². The molecule has 3 atom stereocenters. The van der Waals surface area contributed by atoms with E-state index in [0.29, 0.717) is 37.2 Å². The largest absolute Gasteiger partial charge is 0.419 e. The van der Waals surface area contributed by atoms with E-state index in [2.05, 4.69) is 44.6 Å². The normalized spacial score (nSPS) is 25.7. The summed E-state index contributed by atoms with van der Waals surface area (Å²) in [5.41, 5.74) is -1.90. The van der Waals surface area contributed by atoms with E-state index < -0.39 is 34.9 Å². The number of hydrogen-bond acceptors (Lipinski definition) is 11. The number of piperazine rings is 1. The lowest BCUT2D eigenvalue weighted by Gasteiger charge is -2.44. The number of piperidine rings is 1. The van der Waals surface area contributed by atoms with Crippen molar-refractivity contribution in [2.75, 3.05) is 48.3 Å². The Morgan fingerprint density at radius 1 is 1.07 bits per heavy atom. The van der Waals surface area contributed by atoms with Gasteiger partial charge in [0.2, 0.25) is 17.7 Å². The number of imide groups is 1. The zero-order valence-electron chi connectivity index (χ0n) is 33.1. The SMILES string of the molecule is C[C@@H]1CN(CCCOC2CCC(N3C(=S)N(c4cnc(C#N)c(C(F)(F)F)c4)C(=O)C3(C)C)CC2)C[C@H](C)N1CC(=O)Nc1cccc(NC2CCC(=O)NC2=O)c1. The molecule has 1 saturated carbocycles. The highest BCUT2D eigenvalue weighted by Gasteiger charge is 2.53. The summed E-state index contributed by atoms with van der Waals surface area (Å²) in [7, 11) is 0. The van der Waals surface area contributed by atoms with Crippen molar-refractivity contribution in [3.63, 3.8) is 0 Å². The highest BCUT2D eigenvalue weighted by molar-refractivity contribution is 7.80. The maximum Gasteiger partial charge on any atom is 0.419 e. The van der Waals surface area contributed by atoms with E-state index in [9.17, 15) is 32.3 Å². The Balaban J connectivity index is 0.919. The summed E-state index contributed by atoms with van der Waals surface area (Å²) in [6.45, 7) is 11.0. The number of nitrogens with zero attached hydrogens (tertiary/aromatic N) is 6. The molecule has 0 bridgehead atoms. The van der Waals surface area contributed by atoms with Crippen LogP contribution in [-0.4, -0.2) is 117 Å². The fourth-order valence-corrected chi connectivity index (χ4v) is 9.15. The van der Waals surface area contributed by atoms with Crippen LogP contribution in [0.1, 0.15) is 83.9 Å². The molecule has 1 unspecified atom stereocenters. The molecule has 18 heteroatoms. The summed E-state index contributed by atoms with van der Waals surface area (Å²) in [4.78, 5) is 61.5. The standard InChI is InChI=1S/C40H50F3N9O5S/c1-24-21-49(22-25(2)50(24)23-35(54)47-27-8-5-7-26(17-27)46-32-13-14-34(53)48-36(32)55)15-6-16-57-30-11-9-28(10-12-30)52-38(58)51(37(56)39(52,3)4)29-18-31(40(41,42)43)33(19-44)45-20-29/h5,7-8,17-18,20,24-25,28,30,32,46H,6,9-16,21-23H2,1-4H3,(H,47,54)(H,48,53,55)/t24-,25+,28?,30?,32?. The number of amides is 4. The number of carbonyl (C=O) groups is 4. The highest BCUT2D eigenvalue weighted by atomic mass is 32.1. The number of nitrogens with one attached hydrogen (secondary N) is 3. The van der Waals surface area contributed by atoms with E-state index in [-0.39, 0.29) is 65.7 Å². The number of ether oxygens (including phenoxy) is 1. The Morgan fingerprint density at radius 2 is 1.76 bits per heavy atom. The van der Waals surface area contributed by atoms with Crippen molar-refractivity contribution in [2.24, 2.45) is 0 Å². The van der Waals surface area contributed by atoms with Crippen molar-refractivity contribution in [2.45, 2.75) is 115 Å². The molecule has 0 spiro atoms. The molecule has 4 fully saturated rings. The molecule has 2 aromatic rings. The van der Waals surface area contributed by atoms with Crippen LogP contribution in [0.2, 0.25) is 0 Å². The Bertz CT molecular complexity index is 1940. The van der Waals surface area contributed by atoms with Gasteiger partial charge in [0.1, 0.15) is 17.6 Å². The minimum absolute atomic E-state index is 0.0431. The van der Waals surface area contributed by atoms with Crippen molar-refractivity contribution in [1.29, 1.82) is 5.26 Å². The van der Waals surface area contributed by atoms with Gasteiger partial charge in [-0.1, -0.05) is 6.07 Å². The average molecular weight is 826 g/mol. The lowest BCUT2D eigenvalue weighted by Crippen LogP contribution is -2.58. The van der Waals surface area contributed by atoms with Crippen LogP contribution in [0.3, 0.4) is 0 Å². The molecule has 1 aromatic carbocycles. The number of benzene rings is 1. The Morgan fingerprint density at radius 3 is 2.41 bits per heavy atom. The summed E-state index contributed by atoms with van der Waals surface area (Å²) in [6.07, 6.45) is 0.718. The number of thiocarbonyl (C=S) groups is 1. The fraction of sp³-hybridized carbons (Fsp3) is 0.575. The van der Waals surface area contributed by atoms with E-state index in [1.54, 1.807) is 32.0 Å². The molecule has 312 valence electrons.